The van der Waals surface area contributed by atoms with Gasteiger partial charge in [-0.3, -0.25) is 4.79 Å². The van der Waals surface area contributed by atoms with E-state index in [2.05, 4.69) is 22.4 Å². The minimum absolute atomic E-state index is 0.0594. The van der Waals surface area contributed by atoms with Crippen molar-refractivity contribution in [2.24, 2.45) is 0 Å². The Morgan fingerprint density at radius 2 is 1.83 bits per heavy atom. The van der Waals surface area contributed by atoms with Crippen LogP contribution in [-0.4, -0.2) is 25.0 Å². The largest absolute Gasteiger partial charge is 0.376 e. The number of para-hydroxylation sites is 3. The molecule has 1 aromatic heterocycles. The van der Waals surface area contributed by atoms with Crippen molar-refractivity contribution >= 4 is 28.2 Å². The number of nitrogens with one attached hydrogen (secondary N) is 2. The summed E-state index contributed by atoms with van der Waals surface area (Å²) in [4.78, 5) is 17.5. The van der Waals surface area contributed by atoms with Gasteiger partial charge < -0.3 is 15.2 Å². The molecule has 0 radical (unpaired) electrons. The number of hydrogen-bond acceptors (Lipinski definition) is 2. The predicted molar refractivity (Wildman–Crippen MR) is 101 cm³/mol. The Morgan fingerprint density at radius 1 is 1.08 bits per heavy atom. The van der Waals surface area contributed by atoms with Gasteiger partial charge >= 0.3 is 0 Å². The fourth-order valence-corrected chi connectivity index (χ4v) is 2.96. The maximum Gasteiger partial charge on any atom is 0.224 e. The lowest BCUT2D eigenvalue weighted by Gasteiger charge is -2.17. The summed E-state index contributed by atoms with van der Waals surface area (Å²) in [5.41, 5.74) is 4.30. The molecule has 0 saturated heterocycles. The number of rotatable bonds is 6. The molecule has 3 aromatic rings. The molecular weight excluding hydrogens is 298 g/mol. The molecule has 1 heterocycles. The summed E-state index contributed by atoms with van der Waals surface area (Å²) in [6.07, 6.45) is 4.29. The molecule has 2 aromatic carbocycles. The molecule has 0 saturated carbocycles. The van der Waals surface area contributed by atoms with E-state index >= 15 is 0 Å². The highest BCUT2D eigenvalue weighted by atomic mass is 16.1. The average molecular weight is 321 g/mol. The third-order valence-corrected chi connectivity index (χ3v) is 4.18. The van der Waals surface area contributed by atoms with Crippen LogP contribution in [0.15, 0.2) is 54.7 Å². The van der Waals surface area contributed by atoms with Crippen molar-refractivity contribution in [1.82, 2.24) is 4.98 Å². The highest BCUT2D eigenvalue weighted by Crippen LogP contribution is 2.24. The number of fused-ring (bicyclic) bond motifs is 1. The molecule has 24 heavy (non-hydrogen) atoms. The van der Waals surface area contributed by atoms with Gasteiger partial charge in [-0.05, 0) is 36.6 Å². The van der Waals surface area contributed by atoms with Crippen molar-refractivity contribution in [2.45, 2.75) is 19.3 Å². The van der Waals surface area contributed by atoms with Gasteiger partial charge in [-0.25, -0.2) is 0 Å². The van der Waals surface area contributed by atoms with E-state index in [0.717, 1.165) is 29.7 Å². The van der Waals surface area contributed by atoms with Crippen molar-refractivity contribution < 1.29 is 4.79 Å². The molecule has 0 aliphatic heterocycles. The number of carbonyl (C=O) groups is 1. The van der Waals surface area contributed by atoms with Gasteiger partial charge in [0.15, 0.2) is 0 Å². The first-order chi connectivity index (χ1) is 11.6. The van der Waals surface area contributed by atoms with Crippen LogP contribution >= 0.6 is 0 Å². The topological polar surface area (TPSA) is 48.1 Å². The first-order valence-corrected chi connectivity index (χ1v) is 8.26. The SMILES string of the molecule is CN(C)c1ccccc1NC(=O)CCCc1c[nH]c2ccccc12. The molecule has 4 nitrogen and oxygen atoms in total. The van der Waals surface area contributed by atoms with Crippen molar-refractivity contribution in [3.8, 4) is 0 Å². The maximum absolute atomic E-state index is 12.2. The summed E-state index contributed by atoms with van der Waals surface area (Å²) in [7, 11) is 3.95. The molecule has 0 aliphatic carbocycles. The Bertz CT molecular complexity index is 836. The lowest BCUT2D eigenvalue weighted by molar-refractivity contribution is -0.116. The van der Waals surface area contributed by atoms with Crippen LogP contribution in [0.5, 0.6) is 0 Å². The number of anilines is 2. The normalized spacial score (nSPS) is 10.8. The van der Waals surface area contributed by atoms with Crippen LogP contribution in [0.1, 0.15) is 18.4 Å². The zero-order valence-corrected chi connectivity index (χ0v) is 14.2. The van der Waals surface area contributed by atoms with Gasteiger partial charge in [-0.15, -0.1) is 0 Å². The molecule has 1 amide bonds. The van der Waals surface area contributed by atoms with Gasteiger partial charge in [-0.2, -0.15) is 0 Å². The molecule has 0 bridgehead atoms. The van der Waals surface area contributed by atoms with Crippen LogP contribution in [0.2, 0.25) is 0 Å². The van der Waals surface area contributed by atoms with Crippen molar-refractivity contribution in [3.63, 3.8) is 0 Å². The molecule has 124 valence electrons. The highest BCUT2D eigenvalue weighted by molar-refractivity contribution is 5.94. The predicted octanol–water partition coefficient (Wildman–Crippen LogP) is 4.20. The van der Waals surface area contributed by atoms with E-state index in [9.17, 15) is 4.79 Å². The summed E-state index contributed by atoms with van der Waals surface area (Å²) in [6.45, 7) is 0. The Kier molecular flexibility index (Phi) is 4.85. The van der Waals surface area contributed by atoms with Gasteiger partial charge in [0.05, 0.1) is 11.4 Å². The van der Waals surface area contributed by atoms with Crippen molar-refractivity contribution in [2.75, 3.05) is 24.3 Å². The Hall–Kier alpha value is -2.75. The molecule has 0 fully saturated rings. The zero-order valence-electron chi connectivity index (χ0n) is 14.2. The van der Waals surface area contributed by atoms with E-state index in [1.807, 2.05) is 61.6 Å². The molecule has 0 aliphatic rings. The molecule has 4 heteroatoms. The standard InChI is InChI=1S/C20H23N3O/c1-23(2)19-12-6-5-11-18(19)22-20(24)13-7-8-15-14-21-17-10-4-3-9-16(15)17/h3-6,9-12,14,21H,7-8,13H2,1-2H3,(H,22,24). The lowest BCUT2D eigenvalue weighted by Crippen LogP contribution is -2.16. The summed E-state index contributed by atoms with van der Waals surface area (Å²) < 4.78 is 0. The van der Waals surface area contributed by atoms with E-state index in [4.69, 9.17) is 0 Å². The van der Waals surface area contributed by atoms with Gasteiger partial charge in [-0.1, -0.05) is 30.3 Å². The summed E-state index contributed by atoms with van der Waals surface area (Å²) in [5.74, 6) is 0.0594. The molecule has 3 rings (SSSR count). The average Bonchev–Trinajstić information content (AvgIpc) is 2.98. The quantitative estimate of drug-likeness (QED) is 0.715. The van der Waals surface area contributed by atoms with E-state index in [1.165, 1.54) is 10.9 Å². The minimum atomic E-state index is 0.0594. The lowest BCUT2D eigenvalue weighted by atomic mass is 10.1. The molecular formula is C20H23N3O. The van der Waals surface area contributed by atoms with Gasteiger partial charge in [0.1, 0.15) is 0 Å². The summed E-state index contributed by atoms with van der Waals surface area (Å²) in [5, 5.41) is 4.27. The number of H-pyrrole nitrogens is 1. The van der Waals surface area contributed by atoms with Crippen LogP contribution in [0.25, 0.3) is 10.9 Å². The number of nitrogens with zero attached hydrogens (tertiary/aromatic N) is 1. The second-order valence-corrected chi connectivity index (χ2v) is 6.17. The number of hydrogen-bond donors (Lipinski definition) is 2. The van der Waals surface area contributed by atoms with E-state index in [1.54, 1.807) is 0 Å². The Labute approximate surface area is 142 Å². The Morgan fingerprint density at radius 3 is 2.67 bits per heavy atom. The first-order valence-electron chi connectivity index (χ1n) is 8.26. The first kappa shape index (κ1) is 16.1. The highest BCUT2D eigenvalue weighted by Gasteiger charge is 2.09. The van der Waals surface area contributed by atoms with Crippen LogP contribution in [0.3, 0.4) is 0 Å². The molecule has 0 atom stereocenters. The maximum atomic E-state index is 12.2. The van der Waals surface area contributed by atoms with Gasteiger partial charge in [0.2, 0.25) is 5.91 Å². The number of carbonyl (C=O) groups excluding carboxylic acids is 1. The van der Waals surface area contributed by atoms with E-state index < -0.39 is 0 Å². The van der Waals surface area contributed by atoms with Crippen LogP contribution in [-0.2, 0) is 11.2 Å². The summed E-state index contributed by atoms with van der Waals surface area (Å²) >= 11 is 0. The van der Waals surface area contributed by atoms with Crippen LogP contribution in [0, 0.1) is 0 Å². The fourth-order valence-electron chi connectivity index (χ4n) is 2.96. The van der Waals surface area contributed by atoms with E-state index in [-0.39, 0.29) is 5.91 Å². The number of amides is 1. The molecule has 0 spiro atoms. The number of benzene rings is 2. The monoisotopic (exact) mass is 321 g/mol. The van der Waals surface area contributed by atoms with Crippen molar-refractivity contribution in [3.05, 3.63) is 60.3 Å². The smallest absolute Gasteiger partial charge is 0.224 e. The third kappa shape index (κ3) is 3.59. The number of aromatic amines is 1. The summed E-state index contributed by atoms with van der Waals surface area (Å²) in [6, 6.07) is 16.1. The number of aryl methyl sites for hydroxylation is 1. The number of aromatic nitrogens is 1. The van der Waals surface area contributed by atoms with Gasteiger partial charge in [0, 0.05) is 37.6 Å². The van der Waals surface area contributed by atoms with Crippen LogP contribution in [0.4, 0.5) is 11.4 Å². The fraction of sp³-hybridized carbons (Fsp3) is 0.250. The van der Waals surface area contributed by atoms with Gasteiger partial charge in [0.25, 0.3) is 0 Å². The Balaban J connectivity index is 1.57. The second kappa shape index (κ2) is 7.21. The third-order valence-electron chi connectivity index (χ3n) is 4.18. The van der Waals surface area contributed by atoms with E-state index in [0.29, 0.717) is 6.42 Å². The van der Waals surface area contributed by atoms with Crippen molar-refractivity contribution in [1.29, 1.82) is 0 Å². The second-order valence-electron chi connectivity index (χ2n) is 6.17. The molecule has 2 N–H and O–H groups in total. The molecule has 0 unspecified atom stereocenters. The zero-order chi connectivity index (χ0) is 16.9. The van der Waals surface area contributed by atoms with Crippen LogP contribution < -0.4 is 10.2 Å². The minimum Gasteiger partial charge on any atom is -0.376 e.